The fourth-order valence-corrected chi connectivity index (χ4v) is 3.19. The van der Waals surface area contributed by atoms with E-state index in [0.717, 1.165) is 23.2 Å². The molecule has 0 amide bonds. The van der Waals surface area contributed by atoms with Gasteiger partial charge in [-0.25, -0.2) is 0 Å². The summed E-state index contributed by atoms with van der Waals surface area (Å²) in [7, 11) is 0. The third-order valence-corrected chi connectivity index (χ3v) is 4.30. The average Bonchev–Trinajstić information content (AvgIpc) is 3.16. The number of nitrogens with zero attached hydrogens (tertiary/aromatic N) is 2. The van der Waals surface area contributed by atoms with Crippen LogP contribution in [0.25, 0.3) is 11.3 Å². The highest BCUT2D eigenvalue weighted by Gasteiger charge is 2.34. The summed E-state index contributed by atoms with van der Waals surface area (Å²) in [6.07, 6.45) is -1.51. The zero-order chi connectivity index (χ0) is 17.0. The van der Waals surface area contributed by atoms with Crippen molar-refractivity contribution in [2.24, 2.45) is 5.92 Å². The molecule has 1 aliphatic rings. The van der Waals surface area contributed by atoms with Crippen LogP contribution in [0.2, 0.25) is 0 Å². The third-order valence-electron chi connectivity index (χ3n) is 4.30. The van der Waals surface area contributed by atoms with Crippen molar-refractivity contribution in [3.8, 4) is 11.3 Å². The van der Waals surface area contributed by atoms with Gasteiger partial charge in [-0.1, -0.05) is 30.3 Å². The molecule has 1 fully saturated rings. The summed E-state index contributed by atoms with van der Waals surface area (Å²) in [4.78, 5) is 1.49. The minimum atomic E-state index is -4.11. The number of benzene rings is 1. The Morgan fingerprint density at radius 1 is 1.25 bits per heavy atom. The molecular formula is C17H21F3N4. The van der Waals surface area contributed by atoms with Crippen molar-refractivity contribution < 1.29 is 13.2 Å². The van der Waals surface area contributed by atoms with Crippen molar-refractivity contribution in [3.05, 3.63) is 42.1 Å². The third kappa shape index (κ3) is 4.58. The molecule has 0 aliphatic carbocycles. The van der Waals surface area contributed by atoms with Crippen LogP contribution in [-0.4, -0.2) is 47.5 Å². The van der Waals surface area contributed by atoms with Crippen molar-refractivity contribution in [1.82, 2.24) is 20.4 Å². The van der Waals surface area contributed by atoms with E-state index in [2.05, 4.69) is 15.5 Å². The van der Waals surface area contributed by atoms with Gasteiger partial charge < -0.3 is 5.32 Å². The lowest BCUT2D eigenvalue weighted by molar-refractivity contribution is -0.143. The molecule has 1 aromatic heterocycles. The molecule has 1 saturated heterocycles. The molecule has 1 aliphatic heterocycles. The highest BCUT2D eigenvalue weighted by Crippen LogP contribution is 2.23. The van der Waals surface area contributed by atoms with E-state index in [4.69, 9.17) is 0 Å². The molecule has 1 aromatic carbocycles. The molecule has 24 heavy (non-hydrogen) atoms. The number of likely N-dealkylation sites (tertiary alicyclic amines) is 1. The molecule has 0 saturated carbocycles. The van der Waals surface area contributed by atoms with Crippen molar-refractivity contribution in [2.45, 2.75) is 19.1 Å². The summed E-state index contributed by atoms with van der Waals surface area (Å²) in [6.45, 7) is 1.59. The number of nitrogens with one attached hydrogen (secondary N) is 2. The monoisotopic (exact) mass is 338 g/mol. The van der Waals surface area contributed by atoms with Gasteiger partial charge in [0.25, 0.3) is 0 Å². The highest BCUT2D eigenvalue weighted by atomic mass is 19.4. The second kappa shape index (κ2) is 7.36. The number of aromatic nitrogens is 2. The lowest BCUT2D eigenvalue weighted by Crippen LogP contribution is -2.33. The lowest BCUT2D eigenvalue weighted by Gasteiger charge is -2.18. The molecule has 1 unspecified atom stereocenters. The molecule has 0 bridgehead atoms. The van der Waals surface area contributed by atoms with E-state index in [-0.39, 0.29) is 5.92 Å². The van der Waals surface area contributed by atoms with Gasteiger partial charge in [0.05, 0.1) is 18.4 Å². The van der Waals surface area contributed by atoms with E-state index in [9.17, 15) is 13.2 Å². The number of hydrogen-bond donors (Lipinski definition) is 2. The highest BCUT2D eigenvalue weighted by molar-refractivity contribution is 5.62. The van der Waals surface area contributed by atoms with Crippen molar-refractivity contribution >= 4 is 0 Å². The summed E-state index contributed by atoms with van der Waals surface area (Å²) in [5, 5.41) is 10.5. The number of aromatic amines is 1. The van der Waals surface area contributed by atoms with E-state index in [1.165, 1.54) is 4.90 Å². The van der Waals surface area contributed by atoms with Crippen molar-refractivity contribution in [3.63, 3.8) is 0 Å². The van der Waals surface area contributed by atoms with Crippen LogP contribution in [0.1, 0.15) is 12.0 Å². The predicted octanol–water partition coefficient (Wildman–Crippen LogP) is 3.05. The summed E-state index contributed by atoms with van der Waals surface area (Å²) in [6, 6.07) is 9.94. The molecule has 0 spiro atoms. The van der Waals surface area contributed by atoms with E-state index in [1.807, 2.05) is 30.3 Å². The number of hydrogen-bond acceptors (Lipinski definition) is 3. The lowest BCUT2D eigenvalue weighted by atomic mass is 10.1. The first-order valence-corrected chi connectivity index (χ1v) is 8.09. The van der Waals surface area contributed by atoms with Crippen LogP contribution in [0.5, 0.6) is 0 Å². The molecular weight excluding hydrogens is 317 g/mol. The second-order valence-electron chi connectivity index (χ2n) is 6.27. The standard InChI is InChI=1S/C17H21F3N4/c18-17(19,20)12-24-7-6-13(11-24)8-21-9-15-10-22-23-16(15)14-4-2-1-3-5-14/h1-5,10,13,21H,6-9,11-12H2,(H,22,23). The maximum absolute atomic E-state index is 12.4. The Bertz CT molecular complexity index is 639. The fourth-order valence-electron chi connectivity index (χ4n) is 3.19. The van der Waals surface area contributed by atoms with Gasteiger partial charge in [0, 0.05) is 18.7 Å². The van der Waals surface area contributed by atoms with Gasteiger partial charge in [0.2, 0.25) is 0 Å². The molecule has 2 N–H and O–H groups in total. The number of halogens is 3. The second-order valence-corrected chi connectivity index (χ2v) is 6.27. The molecule has 0 radical (unpaired) electrons. The van der Waals surface area contributed by atoms with Crippen LogP contribution < -0.4 is 5.32 Å². The Balaban J connectivity index is 1.48. The van der Waals surface area contributed by atoms with E-state index in [1.54, 1.807) is 6.20 Å². The Hall–Kier alpha value is -1.86. The Morgan fingerprint density at radius 2 is 2.04 bits per heavy atom. The quantitative estimate of drug-likeness (QED) is 0.851. The van der Waals surface area contributed by atoms with Gasteiger partial charge in [-0.3, -0.25) is 10.00 Å². The Labute approximate surface area is 139 Å². The van der Waals surface area contributed by atoms with Crippen LogP contribution in [0.4, 0.5) is 13.2 Å². The van der Waals surface area contributed by atoms with Gasteiger partial charge in [-0.05, 0) is 31.0 Å². The van der Waals surface area contributed by atoms with E-state index in [0.29, 0.717) is 26.2 Å². The largest absolute Gasteiger partial charge is 0.401 e. The average molecular weight is 338 g/mol. The van der Waals surface area contributed by atoms with Crippen LogP contribution in [0.3, 0.4) is 0 Å². The molecule has 4 nitrogen and oxygen atoms in total. The van der Waals surface area contributed by atoms with Gasteiger partial charge in [-0.2, -0.15) is 18.3 Å². The maximum Gasteiger partial charge on any atom is 0.401 e. The minimum absolute atomic E-state index is 0.263. The summed E-state index contributed by atoms with van der Waals surface area (Å²) < 4.78 is 37.2. The zero-order valence-electron chi connectivity index (χ0n) is 13.3. The molecule has 2 aromatic rings. The molecule has 1 atom stereocenters. The van der Waals surface area contributed by atoms with Gasteiger partial charge >= 0.3 is 6.18 Å². The summed E-state index contributed by atoms with van der Waals surface area (Å²) in [5.41, 5.74) is 3.11. The minimum Gasteiger partial charge on any atom is -0.312 e. The number of H-pyrrole nitrogens is 1. The molecule has 2 heterocycles. The maximum atomic E-state index is 12.4. The van der Waals surface area contributed by atoms with Gasteiger partial charge in [-0.15, -0.1) is 0 Å². The van der Waals surface area contributed by atoms with Crippen LogP contribution in [-0.2, 0) is 6.54 Å². The molecule has 3 rings (SSSR count). The van der Waals surface area contributed by atoms with E-state index < -0.39 is 12.7 Å². The first-order chi connectivity index (χ1) is 11.5. The van der Waals surface area contributed by atoms with Crippen LogP contribution in [0.15, 0.2) is 36.5 Å². The topological polar surface area (TPSA) is 44.0 Å². The summed E-state index contributed by atoms with van der Waals surface area (Å²) in [5.74, 6) is 0.263. The SMILES string of the molecule is FC(F)(F)CN1CCC(CNCc2cn[nH]c2-c2ccccc2)C1. The Kier molecular flexibility index (Phi) is 5.20. The first kappa shape index (κ1) is 17.0. The van der Waals surface area contributed by atoms with Gasteiger partial charge in [0.15, 0.2) is 0 Å². The van der Waals surface area contributed by atoms with Crippen molar-refractivity contribution in [1.29, 1.82) is 0 Å². The predicted molar refractivity (Wildman–Crippen MR) is 86.3 cm³/mol. The van der Waals surface area contributed by atoms with Crippen LogP contribution in [0, 0.1) is 5.92 Å². The first-order valence-electron chi connectivity index (χ1n) is 8.09. The number of alkyl halides is 3. The molecule has 130 valence electrons. The fraction of sp³-hybridized carbons (Fsp3) is 0.471. The zero-order valence-corrected chi connectivity index (χ0v) is 13.3. The van der Waals surface area contributed by atoms with Gasteiger partial charge in [0.1, 0.15) is 0 Å². The van der Waals surface area contributed by atoms with Crippen molar-refractivity contribution in [2.75, 3.05) is 26.2 Å². The smallest absolute Gasteiger partial charge is 0.312 e. The van der Waals surface area contributed by atoms with E-state index >= 15 is 0 Å². The number of rotatable bonds is 6. The summed E-state index contributed by atoms with van der Waals surface area (Å²) >= 11 is 0. The normalized spacial score (nSPS) is 19.0. The molecule has 7 heteroatoms. The Morgan fingerprint density at radius 3 is 2.79 bits per heavy atom. The van der Waals surface area contributed by atoms with Crippen LogP contribution >= 0.6 is 0 Å².